The Hall–Kier alpha value is -1.95. The number of rotatable bonds is 6. The summed E-state index contributed by atoms with van der Waals surface area (Å²) < 4.78 is 0. The molecule has 0 bridgehead atoms. The Labute approximate surface area is 143 Å². The number of nitrogens with one attached hydrogen (secondary N) is 2. The van der Waals surface area contributed by atoms with Gasteiger partial charge in [0, 0.05) is 18.1 Å². The van der Waals surface area contributed by atoms with Gasteiger partial charge in [-0.3, -0.25) is 14.9 Å². The highest BCUT2D eigenvalue weighted by Crippen LogP contribution is 2.25. The van der Waals surface area contributed by atoms with Crippen molar-refractivity contribution in [3.8, 4) is 0 Å². The van der Waals surface area contributed by atoms with Gasteiger partial charge in [0.15, 0.2) is 0 Å². The highest BCUT2D eigenvalue weighted by Gasteiger charge is 2.23. The van der Waals surface area contributed by atoms with Gasteiger partial charge in [-0.15, -0.1) is 0 Å². The van der Waals surface area contributed by atoms with E-state index in [0.717, 1.165) is 18.7 Å². The summed E-state index contributed by atoms with van der Waals surface area (Å²) in [6, 6.07) is 4.87. The van der Waals surface area contributed by atoms with Crippen LogP contribution in [-0.2, 0) is 4.79 Å². The molecule has 24 heavy (non-hydrogen) atoms. The number of nitro groups is 1. The fourth-order valence-corrected chi connectivity index (χ4v) is 3.30. The van der Waals surface area contributed by atoms with E-state index in [9.17, 15) is 14.9 Å². The number of carbonyl (C=O) groups excluding carboxylic acids is 1. The summed E-state index contributed by atoms with van der Waals surface area (Å²) in [6.45, 7) is 7.75. The molecule has 1 heterocycles. The molecule has 0 aromatic heterocycles. The number of nitrogens with zero attached hydrogens (tertiary/aromatic N) is 1. The van der Waals surface area contributed by atoms with E-state index in [1.54, 1.807) is 19.1 Å². The number of piperidine rings is 1. The molecule has 1 aromatic carbocycles. The first kappa shape index (κ1) is 18.4. The fraction of sp³-hybridized carbons (Fsp3) is 0.611. The molecule has 6 heteroatoms. The monoisotopic (exact) mass is 333 g/mol. The fourth-order valence-electron chi connectivity index (χ4n) is 3.30. The molecule has 132 valence electrons. The number of aryl methyl sites for hydroxylation is 1. The summed E-state index contributed by atoms with van der Waals surface area (Å²) in [5.74, 6) is 0.876. The Morgan fingerprint density at radius 1 is 1.46 bits per heavy atom. The van der Waals surface area contributed by atoms with E-state index >= 15 is 0 Å². The largest absolute Gasteiger partial charge is 0.350 e. The van der Waals surface area contributed by atoms with E-state index in [-0.39, 0.29) is 22.6 Å². The molecule has 1 fully saturated rings. The molecule has 2 rings (SSSR count). The molecule has 1 aromatic rings. The molecule has 1 amide bonds. The SMILES string of the molecule is Cc1ccc(C(C)NC(=O)CC(C)C2CCCNC2)cc1[N+](=O)[O-]. The van der Waals surface area contributed by atoms with Crippen LogP contribution < -0.4 is 10.6 Å². The standard InChI is InChI=1S/C18H27N3O3/c1-12-6-7-15(10-17(12)21(23)24)14(3)20-18(22)9-13(2)16-5-4-8-19-11-16/h6-7,10,13-14,16,19H,4-5,8-9,11H2,1-3H3,(H,20,22). The summed E-state index contributed by atoms with van der Waals surface area (Å²) in [5, 5.41) is 17.4. The molecule has 0 saturated carbocycles. The molecule has 1 aliphatic rings. The van der Waals surface area contributed by atoms with E-state index in [0.29, 0.717) is 23.8 Å². The molecule has 3 unspecified atom stereocenters. The van der Waals surface area contributed by atoms with Gasteiger partial charge < -0.3 is 10.6 Å². The Kier molecular flexibility index (Phi) is 6.31. The molecule has 3 atom stereocenters. The molecule has 0 aliphatic carbocycles. The second-order valence-electron chi connectivity index (χ2n) is 6.88. The molecule has 0 radical (unpaired) electrons. The Bertz CT molecular complexity index is 597. The molecular formula is C18H27N3O3. The third kappa shape index (κ3) is 4.77. The number of amides is 1. The molecule has 1 aliphatic heterocycles. The van der Waals surface area contributed by atoms with Crippen LogP contribution in [0.15, 0.2) is 18.2 Å². The Morgan fingerprint density at radius 2 is 2.21 bits per heavy atom. The predicted octanol–water partition coefficient (Wildman–Crippen LogP) is 3.11. The maximum Gasteiger partial charge on any atom is 0.272 e. The second kappa shape index (κ2) is 8.24. The van der Waals surface area contributed by atoms with E-state index in [4.69, 9.17) is 0 Å². The van der Waals surface area contributed by atoms with Crippen LogP contribution in [0.1, 0.15) is 50.3 Å². The Balaban J connectivity index is 1.93. The van der Waals surface area contributed by atoms with Crippen molar-refractivity contribution >= 4 is 11.6 Å². The summed E-state index contributed by atoms with van der Waals surface area (Å²) >= 11 is 0. The Morgan fingerprint density at radius 3 is 2.83 bits per heavy atom. The minimum atomic E-state index is -0.383. The minimum absolute atomic E-state index is 0.00352. The third-order valence-electron chi connectivity index (χ3n) is 4.95. The second-order valence-corrected chi connectivity index (χ2v) is 6.88. The lowest BCUT2D eigenvalue weighted by Crippen LogP contribution is -2.36. The van der Waals surface area contributed by atoms with Gasteiger partial charge in [-0.25, -0.2) is 0 Å². The van der Waals surface area contributed by atoms with Crippen molar-refractivity contribution in [1.82, 2.24) is 10.6 Å². The van der Waals surface area contributed by atoms with Gasteiger partial charge in [-0.1, -0.05) is 19.1 Å². The van der Waals surface area contributed by atoms with Gasteiger partial charge in [-0.2, -0.15) is 0 Å². The van der Waals surface area contributed by atoms with E-state index in [1.807, 2.05) is 13.0 Å². The average molecular weight is 333 g/mol. The van der Waals surface area contributed by atoms with Crippen molar-refractivity contribution in [1.29, 1.82) is 0 Å². The summed E-state index contributed by atoms with van der Waals surface area (Å²) in [7, 11) is 0. The molecule has 1 saturated heterocycles. The molecule has 0 spiro atoms. The van der Waals surface area contributed by atoms with Crippen LogP contribution in [0.4, 0.5) is 5.69 Å². The average Bonchev–Trinajstić information content (AvgIpc) is 2.55. The molecule has 2 N–H and O–H groups in total. The quantitative estimate of drug-likeness (QED) is 0.619. The van der Waals surface area contributed by atoms with Crippen molar-refractivity contribution in [3.63, 3.8) is 0 Å². The number of nitro benzene ring substituents is 1. The number of benzene rings is 1. The number of carbonyl (C=O) groups is 1. The zero-order valence-corrected chi connectivity index (χ0v) is 14.7. The number of hydrogen-bond acceptors (Lipinski definition) is 4. The van der Waals surface area contributed by atoms with Gasteiger partial charge in [-0.05, 0) is 57.2 Å². The smallest absolute Gasteiger partial charge is 0.272 e. The van der Waals surface area contributed by atoms with Gasteiger partial charge in [0.05, 0.1) is 11.0 Å². The topological polar surface area (TPSA) is 84.3 Å². The van der Waals surface area contributed by atoms with Crippen LogP contribution in [0.3, 0.4) is 0 Å². The van der Waals surface area contributed by atoms with Crippen LogP contribution in [0.5, 0.6) is 0 Å². The van der Waals surface area contributed by atoms with Crippen LogP contribution in [-0.4, -0.2) is 23.9 Å². The maximum absolute atomic E-state index is 12.3. The highest BCUT2D eigenvalue weighted by molar-refractivity contribution is 5.76. The number of hydrogen-bond donors (Lipinski definition) is 2. The van der Waals surface area contributed by atoms with Crippen LogP contribution in [0, 0.1) is 28.9 Å². The molecule has 6 nitrogen and oxygen atoms in total. The predicted molar refractivity (Wildman–Crippen MR) is 93.8 cm³/mol. The van der Waals surface area contributed by atoms with Gasteiger partial charge in [0.1, 0.15) is 0 Å². The lowest BCUT2D eigenvalue weighted by molar-refractivity contribution is -0.385. The van der Waals surface area contributed by atoms with Gasteiger partial charge >= 0.3 is 0 Å². The van der Waals surface area contributed by atoms with Crippen LogP contribution in [0.25, 0.3) is 0 Å². The minimum Gasteiger partial charge on any atom is -0.350 e. The van der Waals surface area contributed by atoms with Crippen molar-refractivity contribution in [2.24, 2.45) is 11.8 Å². The zero-order chi connectivity index (χ0) is 17.7. The normalized spacial score (nSPS) is 20.2. The lowest BCUT2D eigenvalue weighted by Gasteiger charge is -2.28. The summed E-state index contributed by atoms with van der Waals surface area (Å²) in [5.41, 5.74) is 1.48. The summed E-state index contributed by atoms with van der Waals surface area (Å²) in [6.07, 6.45) is 2.83. The van der Waals surface area contributed by atoms with E-state index in [1.165, 1.54) is 12.8 Å². The summed E-state index contributed by atoms with van der Waals surface area (Å²) in [4.78, 5) is 23.0. The molecular weight excluding hydrogens is 306 g/mol. The van der Waals surface area contributed by atoms with Crippen LogP contribution in [0.2, 0.25) is 0 Å². The van der Waals surface area contributed by atoms with Crippen molar-refractivity contribution in [2.45, 2.75) is 46.1 Å². The lowest BCUT2D eigenvalue weighted by atomic mass is 9.85. The first-order valence-electron chi connectivity index (χ1n) is 8.63. The highest BCUT2D eigenvalue weighted by atomic mass is 16.6. The van der Waals surface area contributed by atoms with E-state index < -0.39 is 0 Å². The van der Waals surface area contributed by atoms with Gasteiger partial charge in [0.2, 0.25) is 5.91 Å². The first-order valence-corrected chi connectivity index (χ1v) is 8.63. The third-order valence-corrected chi connectivity index (χ3v) is 4.95. The van der Waals surface area contributed by atoms with Gasteiger partial charge in [0.25, 0.3) is 5.69 Å². The van der Waals surface area contributed by atoms with Crippen molar-refractivity contribution < 1.29 is 9.72 Å². The van der Waals surface area contributed by atoms with Crippen molar-refractivity contribution in [3.05, 3.63) is 39.4 Å². The van der Waals surface area contributed by atoms with Crippen LogP contribution >= 0.6 is 0 Å². The maximum atomic E-state index is 12.3. The zero-order valence-electron chi connectivity index (χ0n) is 14.7. The first-order chi connectivity index (χ1) is 11.4. The van der Waals surface area contributed by atoms with Crippen molar-refractivity contribution in [2.75, 3.05) is 13.1 Å². The van der Waals surface area contributed by atoms with E-state index in [2.05, 4.69) is 17.6 Å².